The number of likely N-dealkylation sites (tertiary alicyclic amines) is 1. The highest BCUT2D eigenvalue weighted by Crippen LogP contribution is 2.36. The number of rotatable bonds is 3. The van der Waals surface area contributed by atoms with Gasteiger partial charge in [-0.25, -0.2) is 0 Å². The predicted octanol–water partition coefficient (Wildman–Crippen LogP) is 3.40. The maximum Gasteiger partial charge on any atom is 0.254 e. The van der Waals surface area contributed by atoms with E-state index >= 15 is 0 Å². The molecule has 1 saturated heterocycles. The molecule has 0 radical (unpaired) electrons. The number of carbonyl (C=O) groups excluding carboxylic acids is 1. The van der Waals surface area contributed by atoms with Crippen LogP contribution in [0, 0.1) is 0 Å². The number of hydrogen-bond acceptors (Lipinski definition) is 4. The molecule has 0 bridgehead atoms. The van der Waals surface area contributed by atoms with E-state index in [2.05, 4.69) is 0 Å². The van der Waals surface area contributed by atoms with E-state index in [1.807, 2.05) is 29.2 Å². The molecule has 1 fully saturated rings. The number of amides is 1. The molecule has 5 nitrogen and oxygen atoms in total. The first kappa shape index (κ1) is 14.9. The monoisotopic (exact) mass is 325 g/mol. The topological polar surface area (TPSA) is 48.0 Å². The summed E-state index contributed by atoms with van der Waals surface area (Å²) >= 11 is 0. The molecule has 2 heterocycles. The minimum atomic E-state index is 0.0339. The van der Waals surface area contributed by atoms with Crippen LogP contribution in [0.25, 0.3) is 0 Å². The average Bonchev–Trinajstić information content (AvgIpc) is 3.29. The summed E-state index contributed by atoms with van der Waals surface area (Å²) in [5.74, 6) is 2.19. The van der Waals surface area contributed by atoms with Gasteiger partial charge in [0.2, 0.25) is 6.79 Å². The molecule has 24 heavy (non-hydrogen) atoms. The lowest BCUT2D eigenvalue weighted by Gasteiger charge is -2.25. The van der Waals surface area contributed by atoms with Crippen molar-refractivity contribution in [1.82, 2.24) is 4.90 Å². The Morgan fingerprint density at radius 1 is 1.12 bits per heavy atom. The van der Waals surface area contributed by atoms with E-state index < -0.39 is 0 Å². The molecule has 0 spiro atoms. The van der Waals surface area contributed by atoms with Crippen molar-refractivity contribution < 1.29 is 19.0 Å². The van der Waals surface area contributed by atoms with Gasteiger partial charge in [0, 0.05) is 12.1 Å². The molecule has 2 aromatic carbocycles. The van der Waals surface area contributed by atoms with Crippen LogP contribution in [0.1, 0.15) is 34.8 Å². The van der Waals surface area contributed by atoms with Crippen molar-refractivity contribution in [3.8, 4) is 17.2 Å². The van der Waals surface area contributed by atoms with Crippen molar-refractivity contribution in [2.24, 2.45) is 0 Å². The van der Waals surface area contributed by atoms with Crippen molar-refractivity contribution >= 4 is 5.91 Å². The molecule has 0 aromatic heterocycles. The standard InChI is InChI=1S/C19H19NO4/c1-22-15-7-4-13(5-8-15)16-3-2-10-20(16)19(21)14-6-9-17-18(11-14)24-12-23-17/h4-9,11,16H,2-3,10,12H2,1H3/t16-/m1/s1. The summed E-state index contributed by atoms with van der Waals surface area (Å²) in [5.41, 5.74) is 1.78. The number of benzene rings is 2. The Kier molecular flexibility index (Phi) is 3.76. The van der Waals surface area contributed by atoms with E-state index in [-0.39, 0.29) is 18.7 Å². The fourth-order valence-electron chi connectivity index (χ4n) is 3.38. The third kappa shape index (κ3) is 2.56. The van der Waals surface area contributed by atoms with Gasteiger partial charge in [0.15, 0.2) is 11.5 Å². The van der Waals surface area contributed by atoms with E-state index in [0.717, 1.165) is 30.7 Å². The lowest BCUT2D eigenvalue weighted by atomic mass is 10.0. The fourth-order valence-corrected chi connectivity index (χ4v) is 3.38. The Morgan fingerprint density at radius 2 is 1.92 bits per heavy atom. The molecule has 0 saturated carbocycles. The molecular formula is C19H19NO4. The minimum Gasteiger partial charge on any atom is -0.497 e. The van der Waals surface area contributed by atoms with E-state index in [9.17, 15) is 4.79 Å². The number of methoxy groups -OCH3 is 1. The van der Waals surface area contributed by atoms with Gasteiger partial charge in [-0.05, 0) is 48.7 Å². The van der Waals surface area contributed by atoms with Crippen molar-refractivity contribution in [2.45, 2.75) is 18.9 Å². The number of carbonyl (C=O) groups is 1. The summed E-state index contributed by atoms with van der Waals surface area (Å²) in [6.07, 6.45) is 1.98. The molecule has 2 aliphatic heterocycles. The van der Waals surface area contributed by atoms with Crippen LogP contribution in [0.4, 0.5) is 0 Å². The highest BCUT2D eigenvalue weighted by Gasteiger charge is 2.31. The number of fused-ring (bicyclic) bond motifs is 1. The molecule has 1 amide bonds. The average molecular weight is 325 g/mol. The van der Waals surface area contributed by atoms with Gasteiger partial charge < -0.3 is 19.1 Å². The molecule has 0 unspecified atom stereocenters. The quantitative estimate of drug-likeness (QED) is 0.868. The summed E-state index contributed by atoms with van der Waals surface area (Å²) < 4.78 is 15.9. The molecule has 0 aliphatic carbocycles. The Morgan fingerprint density at radius 3 is 2.71 bits per heavy atom. The molecule has 1 atom stereocenters. The zero-order valence-corrected chi connectivity index (χ0v) is 13.5. The highest BCUT2D eigenvalue weighted by molar-refractivity contribution is 5.95. The van der Waals surface area contributed by atoms with Crippen LogP contribution < -0.4 is 14.2 Å². The molecule has 2 aromatic rings. The largest absolute Gasteiger partial charge is 0.497 e. The van der Waals surface area contributed by atoms with Gasteiger partial charge in [-0.15, -0.1) is 0 Å². The normalized spacial score (nSPS) is 18.7. The summed E-state index contributed by atoms with van der Waals surface area (Å²) in [6.45, 7) is 0.981. The fraction of sp³-hybridized carbons (Fsp3) is 0.316. The Hall–Kier alpha value is -2.69. The highest BCUT2D eigenvalue weighted by atomic mass is 16.7. The minimum absolute atomic E-state index is 0.0339. The molecule has 5 heteroatoms. The van der Waals surface area contributed by atoms with Crippen molar-refractivity contribution in [1.29, 1.82) is 0 Å². The van der Waals surface area contributed by atoms with E-state index in [4.69, 9.17) is 14.2 Å². The van der Waals surface area contributed by atoms with E-state index in [0.29, 0.717) is 17.1 Å². The number of hydrogen-bond donors (Lipinski definition) is 0. The predicted molar refractivity (Wildman–Crippen MR) is 88.6 cm³/mol. The molecule has 2 aliphatic rings. The van der Waals surface area contributed by atoms with Crippen LogP contribution in [-0.2, 0) is 0 Å². The van der Waals surface area contributed by atoms with Gasteiger partial charge in [-0.1, -0.05) is 12.1 Å². The first-order chi connectivity index (χ1) is 11.8. The van der Waals surface area contributed by atoms with Gasteiger partial charge in [-0.3, -0.25) is 4.79 Å². The summed E-state index contributed by atoms with van der Waals surface area (Å²) in [7, 11) is 1.65. The summed E-state index contributed by atoms with van der Waals surface area (Å²) in [4.78, 5) is 14.9. The lowest BCUT2D eigenvalue weighted by Crippen LogP contribution is -2.30. The van der Waals surface area contributed by atoms with Crippen LogP contribution in [0.2, 0.25) is 0 Å². The number of nitrogens with zero attached hydrogens (tertiary/aromatic N) is 1. The Bertz CT molecular complexity index is 756. The first-order valence-electron chi connectivity index (χ1n) is 8.11. The third-order valence-electron chi connectivity index (χ3n) is 4.63. The first-order valence-corrected chi connectivity index (χ1v) is 8.11. The third-order valence-corrected chi connectivity index (χ3v) is 4.63. The van der Waals surface area contributed by atoms with Crippen LogP contribution in [0.5, 0.6) is 17.2 Å². The summed E-state index contributed by atoms with van der Waals surface area (Å²) in [6, 6.07) is 13.4. The molecular weight excluding hydrogens is 306 g/mol. The van der Waals surface area contributed by atoms with Gasteiger partial charge >= 0.3 is 0 Å². The second kappa shape index (κ2) is 6.07. The zero-order chi connectivity index (χ0) is 16.5. The summed E-state index contributed by atoms with van der Waals surface area (Å²) in [5, 5.41) is 0. The van der Waals surface area contributed by atoms with Crippen LogP contribution in [0.15, 0.2) is 42.5 Å². The van der Waals surface area contributed by atoms with Crippen molar-refractivity contribution in [3.05, 3.63) is 53.6 Å². The maximum absolute atomic E-state index is 13.0. The zero-order valence-electron chi connectivity index (χ0n) is 13.5. The van der Waals surface area contributed by atoms with Crippen molar-refractivity contribution in [2.75, 3.05) is 20.4 Å². The molecule has 4 rings (SSSR count). The SMILES string of the molecule is COc1ccc([C@H]2CCCN2C(=O)c2ccc3c(c2)OCO3)cc1. The van der Waals surface area contributed by atoms with E-state index in [1.54, 1.807) is 25.3 Å². The lowest BCUT2D eigenvalue weighted by molar-refractivity contribution is 0.0735. The van der Waals surface area contributed by atoms with Crippen LogP contribution in [-0.4, -0.2) is 31.3 Å². The second-order valence-electron chi connectivity index (χ2n) is 6.00. The second-order valence-corrected chi connectivity index (χ2v) is 6.00. The van der Waals surface area contributed by atoms with Crippen LogP contribution >= 0.6 is 0 Å². The number of ether oxygens (including phenoxy) is 3. The Balaban J connectivity index is 1.58. The van der Waals surface area contributed by atoms with Gasteiger partial charge in [-0.2, -0.15) is 0 Å². The van der Waals surface area contributed by atoms with Gasteiger partial charge in [0.25, 0.3) is 5.91 Å². The molecule has 124 valence electrons. The maximum atomic E-state index is 13.0. The Labute approximate surface area is 140 Å². The molecule has 0 N–H and O–H groups in total. The van der Waals surface area contributed by atoms with Crippen LogP contribution in [0.3, 0.4) is 0 Å². The van der Waals surface area contributed by atoms with E-state index in [1.165, 1.54) is 0 Å². The smallest absolute Gasteiger partial charge is 0.254 e. The van der Waals surface area contributed by atoms with Crippen molar-refractivity contribution in [3.63, 3.8) is 0 Å². The van der Waals surface area contributed by atoms with Gasteiger partial charge in [0.1, 0.15) is 5.75 Å². The van der Waals surface area contributed by atoms with Gasteiger partial charge in [0.05, 0.1) is 13.2 Å².